The minimum Gasteiger partial charge on any atom is -0.870 e. The average molecular weight is 160 g/mol. The molecular weight excluding hydrogens is 144 g/mol. The van der Waals surface area contributed by atoms with Gasteiger partial charge in [0.05, 0.1) is 33.6 Å². The van der Waals surface area contributed by atoms with Crippen LogP contribution in [0.25, 0.3) is 0 Å². The zero-order chi connectivity index (χ0) is 8.20. The second-order valence-corrected chi connectivity index (χ2v) is 3.49. The first-order valence-corrected chi connectivity index (χ1v) is 3.31. The van der Waals surface area contributed by atoms with E-state index < -0.39 is 6.10 Å². The van der Waals surface area contributed by atoms with E-state index >= 15 is 0 Å². The van der Waals surface area contributed by atoms with E-state index in [2.05, 4.69) is 0 Å². The van der Waals surface area contributed by atoms with Crippen LogP contribution in [0.15, 0.2) is 0 Å². The summed E-state index contributed by atoms with van der Waals surface area (Å²) in [4.78, 5) is 0. The van der Waals surface area contributed by atoms with E-state index in [-0.39, 0.29) is 11.9 Å². The van der Waals surface area contributed by atoms with Crippen LogP contribution < -0.4 is 0 Å². The highest BCUT2D eigenvalue weighted by Gasteiger charge is 2.14. The normalized spacial score (nSPS) is 13.0. The van der Waals surface area contributed by atoms with E-state index in [0.717, 1.165) is 0 Å². The molecule has 0 aliphatic rings. The maximum Gasteiger partial charge on any atom is 0.116 e. The monoisotopic (exact) mass is 160 g/mol. The zero-order valence-corrected chi connectivity index (χ0v) is 7.28. The van der Waals surface area contributed by atoms with Gasteiger partial charge >= 0.3 is 0 Å². The number of quaternary nitrogens is 1. The van der Waals surface area contributed by atoms with Crippen molar-refractivity contribution in [2.24, 2.45) is 0 Å². The van der Waals surface area contributed by atoms with Crippen LogP contribution in [0.1, 0.15) is 6.42 Å². The van der Waals surface area contributed by atoms with Gasteiger partial charge in [-0.3, -0.25) is 0 Å². The molecule has 1 atom stereocenters. The highest BCUT2D eigenvalue weighted by molar-refractivity contribution is 4.74. The summed E-state index contributed by atoms with van der Waals surface area (Å²) < 4.78 is 0.697. The largest absolute Gasteiger partial charge is 0.870 e. The molecule has 2 N–H and O–H groups in total. The van der Waals surface area contributed by atoms with Crippen LogP contribution in [-0.2, 0) is 0 Å². The van der Waals surface area contributed by atoms with Crippen molar-refractivity contribution in [3.8, 4) is 6.07 Å². The van der Waals surface area contributed by atoms with Gasteiger partial charge in [-0.15, -0.1) is 0 Å². The molecule has 0 amide bonds. The lowest BCUT2D eigenvalue weighted by molar-refractivity contribution is -0.873. The molecule has 66 valence electrons. The van der Waals surface area contributed by atoms with Crippen molar-refractivity contribution >= 4 is 0 Å². The van der Waals surface area contributed by atoms with Crippen molar-refractivity contribution in [2.75, 3.05) is 27.7 Å². The Morgan fingerprint density at radius 2 is 1.91 bits per heavy atom. The molecule has 0 aromatic heterocycles. The highest BCUT2D eigenvalue weighted by atomic mass is 16.3. The standard InChI is InChI=1S/C7H15N2O.H2O/c1-9(2,3)6-7(10)4-5-8;/h7,10H,4,6H2,1-3H3;1H2/q+1;/p-1. The topological polar surface area (TPSA) is 74.0 Å². The Balaban J connectivity index is 0. The third-order valence-corrected chi connectivity index (χ3v) is 1.09. The van der Waals surface area contributed by atoms with Gasteiger partial charge in [-0.1, -0.05) is 0 Å². The minimum atomic E-state index is -0.481. The summed E-state index contributed by atoms with van der Waals surface area (Å²) in [6.45, 7) is 0.633. The number of hydrogen-bond acceptors (Lipinski definition) is 3. The first-order valence-electron chi connectivity index (χ1n) is 3.31. The summed E-state index contributed by atoms with van der Waals surface area (Å²) in [5, 5.41) is 17.4. The van der Waals surface area contributed by atoms with Crippen LogP contribution in [0.3, 0.4) is 0 Å². The molecule has 0 saturated carbocycles. The number of aliphatic hydroxyl groups is 1. The molecule has 4 nitrogen and oxygen atoms in total. The van der Waals surface area contributed by atoms with Crippen LogP contribution in [-0.4, -0.2) is 48.9 Å². The van der Waals surface area contributed by atoms with Gasteiger partial charge in [0.2, 0.25) is 0 Å². The Labute approximate surface area is 67.6 Å². The summed E-state index contributed by atoms with van der Waals surface area (Å²) in [7, 11) is 5.96. The van der Waals surface area contributed by atoms with Gasteiger partial charge < -0.3 is 15.1 Å². The van der Waals surface area contributed by atoms with Gasteiger partial charge in [-0.25, -0.2) is 0 Å². The Kier molecular flexibility index (Phi) is 6.00. The van der Waals surface area contributed by atoms with Crippen molar-refractivity contribution < 1.29 is 15.1 Å². The van der Waals surface area contributed by atoms with Crippen molar-refractivity contribution in [3.05, 3.63) is 0 Å². The lowest BCUT2D eigenvalue weighted by Gasteiger charge is -2.25. The molecule has 0 bridgehead atoms. The molecule has 0 spiro atoms. The molecule has 0 aliphatic heterocycles. The molecule has 0 aromatic carbocycles. The molecule has 0 fully saturated rings. The third kappa shape index (κ3) is 9.37. The van der Waals surface area contributed by atoms with Crippen LogP contribution in [0.5, 0.6) is 0 Å². The Bertz CT molecular complexity index is 134. The number of rotatable bonds is 3. The minimum absolute atomic E-state index is 0. The Morgan fingerprint density at radius 1 is 1.45 bits per heavy atom. The summed E-state index contributed by atoms with van der Waals surface area (Å²) in [5.74, 6) is 0. The summed E-state index contributed by atoms with van der Waals surface area (Å²) in [6, 6.07) is 1.93. The van der Waals surface area contributed by atoms with E-state index in [1.807, 2.05) is 27.2 Å². The first-order chi connectivity index (χ1) is 4.45. The Hall–Kier alpha value is -0.630. The summed E-state index contributed by atoms with van der Waals surface area (Å²) in [5.41, 5.74) is 0. The Morgan fingerprint density at radius 3 is 2.18 bits per heavy atom. The first kappa shape index (κ1) is 13.0. The van der Waals surface area contributed by atoms with E-state index in [1.165, 1.54) is 0 Å². The lowest BCUT2D eigenvalue weighted by Crippen LogP contribution is -2.41. The molecular formula is C7H16N2O2. The number of aliphatic hydroxyl groups excluding tert-OH is 1. The van der Waals surface area contributed by atoms with Gasteiger partial charge in [0, 0.05) is 0 Å². The average Bonchev–Trinajstić information content (AvgIpc) is 1.59. The number of nitriles is 1. The van der Waals surface area contributed by atoms with E-state index in [9.17, 15) is 0 Å². The van der Waals surface area contributed by atoms with Crippen LogP contribution in [0.4, 0.5) is 0 Å². The van der Waals surface area contributed by atoms with E-state index in [0.29, 0.717) is 11.0 Å². The molecule has 1 unspecified atom stereocenters. The fourth-order valence-corrected chi connectivity index (χ4v) is 0.802. The molecule has 0 aromatic rings. The quantitative estimate of drug-likeness (QED) is 0.580. The zero-order valence-electron chi connectivity index (χ0n) is 7.28. The SMILES string of the molecule is C[N+](C)(C)CC(O)CC#N.[OH-]. The third-order valence-electron chi connectivity index (χ3n) is 1.09. The number of nitrogens with zero attached hydrogens (tertiary/aromatic N) is 2. The second-order valence-electron chi connectivity index (χ2n) is 3.49. The fourth-order valence-electron chi connectivity index (χ4n) is 0.802. The second kappa shape index (κ2) is 5.08. The van der Waals surface area contributed by atoms with Crippen molar-refractivity contribution in [2.45, 2.75) is 12.5 Å². The van der Waals surface area contributed by atoms with Gasteiger partial charge in [0.15, 0.2) is 0 Å². The predicted octanol–water partition coefficient (Wildman–Crippen LogP) is -0.210. The van der Waals surface area contributed by atoms with Crippen LogP contribution in [0, 0.1) is 11.3 Å². The van der Waals surface area contributed by atoms with E-state index in [1.54, 1.807) is 0 Å². The maximum absolute atomic E-state index is 9.15. The molecule has 0 rings (SSSR count). The number of hydrogen-bond donors (Lipinski definition) is 1. The van der Waals surface area contributed by atoms with Gasteiger partial charge in [0.1, 0.15) is 12.6 Å². The van der Waals surface area contributed by atoms with Gasteiger partial charge in [-0.2, -0.15) is 5.26 Å². The predicted molar refractivity (Wildman–Crippen MR) is 41.1 cm³/mol. The van der Waals surface area contributed by atoms with Crippen molar-refractivity contribution in [1.82, 2.24) is 0 Å². The molecule has 11 heavy (non-hydrogen) atoms. The fraction of sp³-hybridized carbons (Fsp3) is 0.857. The van der Waals surface area contributed by atoms with Gasteiger partial charge in [-0.05, 0) is 0 Å². The van der Waals surface area contributed by atoms with Crippen LogP contribution >= 0.6 is 0 Å². The lowest BCUT2D eigenvalue weighted by atomic mass is 10.2. The molecule has 0 aliphatic carbocycles. The molecule has 0 saturated heterocycles. The molecule has 0 heterocycles. The smallest absolute Gasteiger partial charge is 0.116 e. The highest BCUT2D eigenvalue weighted by Crippen LogP contribution is 1.97. The van der Waals surface area contributed by atoms with E-state index in [4.69, 9.17) is 10.4 Å². The van der Waals surface area contributed by atoms with Crippen molar-refractivity contribution in [1.29, 1.82) is 5.26 Å². The summed E-state index contributed by atoms with van der Waals surface area (Å²) in [6.07, 6.45) is -0.250. The maximum atomic E-state index is 9.15. The van der Waals surface area contributed by atoms with Gasteiger partial charge in [0.25, 0.3) is 0 Å². The van der Waals surface area contributed by atoms with Crippen molar-refractivity contribution in [3.63, 3.8) is 0 Å². The number of likely N-dealkylation sites (N-methyl/N-ethyl adjacent to an activating group) is 1. The van der Waals surface area contributed by atoms with Crippen LogP contribution in [0.2, 0.25) is 0 Å². The molecule has 4 heteroatoms. The summed E-state index contributed by atoms with van der Waals surface area (Å²) >= 11 is 0. The molecule has 0 radical (unpaired) electrons.